The van der Waals surface area contributed by atoms with Gasteiger partial charge in [0.1, 0.15) is 17.8 Å². The van der Waals surface area contributed by atoms with Crippen molar-refractivity contribution < 1.29 is 4.74 Å². The highest BCUT2D eigenvalue weighted by Crippen LogP contribution is 2.30. The summed E-state index contributed by atoms with van der Waals surface area (Å²) in [6.07, 6.45) is 3.67. The molecule has 1 aromatic carbocycles. The third-order valence-corrected chi connectivity index (χ3v) is 3.07. The van der Waals surface area contributed by atoms with Gasteiger partial charge in [0.25, 0.3) is 0 Å². The predicted molar refractivity (Wildman–Crippen MR) is 86.1 cm³/mol. The molecule has 0 bridgehead atoms. The highest BCUT2D eigenvalue weighted by atomic mass is 16.5. The number of nitrogens with two attached hydrogens (primary N) is 1. The first-order chi connectivity index (χ1) is 10.3. The Morgan fingerprint density at radius 2 is 1.95 bits per heavy atom. The van der Waals surface area contributed by atoms with Crippen LogP contribution >= 0.6 is 0 Å². The lowest BCUT2D eigenvalue weighted by atomic mass is 10.3. The number of hydrogen-bond donors (Lipinski definition) is 3. The van der Waals surface area contributed by atoms with Crippen molar-refractivity contribution >= 4 is 23.0 Å². The predicted octanol–water partition coefficient (Wildman–Crippen LogP) is 3.02. The van der Waals surface area contributed by atoms with Crippen molar-refractivity contribution in [3.05, 3.63) is 30.6 Å². The third kappa shape index (κ3) is 3.75. The maximum atomic E-state index is 6.11. The Labute approximate surface area is 124 Å². The summed E-state index contributed by atoms with van der Waals surface area (Å²) in [4.78, 5) is 8.37. The van der Waals surface area contributed by atoms with Crippen LogP contribution in [-0.4, -0.2) is 23.6 Å². The molecule has 0 saturated carbocycles. The first-order valence-corrected chi connectivity index (χ1v) is 7.00. The normalized spacial score (nSPS) is 10.2. The van der Waals surface area contributed by atoms with E-state index in [-0.39, 0.29) is 0 Å². The van der Waals surface area contributed by atoms with E-state index >= 15 is 0 Å². The molecule has 0 atom stereocenters. The van der Waals surface area contributed by atoms with Crippen molar-refractivity contribution in [1.82, 2.24) is 9.97 Å². The zero-order valence-electron chi connectivity index (χ0n) is 12.4. The van der Waals surface area contributed by atoms with Gasteiger partial charge in [-0.15, -0.1) is 0 Å². The third-order valence-electron chi connectivity index (χ3n) is 3.07. The van der Waals surface area contributed by atoms with Gasteiger partial charge < -0.3 is 21.1 Å². The summed E-state index contributed by atoms with van der Waals surface area (Å²) in [5.74, 6) is 1.94. The second-order valence-corrected chi connectivity index (χ2v) is 4.59. The second kappa shape index (κ2) is 7.33. The SMILES string of the molecule is CCCCNc1ncnc(Nc2ccccc2OC)c1N. The average Bonchev–Trinajstić information content (AvgIpc) is 2.51. The topological polar surface area (TPSA) is 85.1 Å². The number of para-hydroxylation sites is 2. The minimum atomic E-state index is 0.500. The Kier molecular flexibility index (Phi) is 5.20. The molecule has 6 heteroatoms. The van der Waals surface area contributed by atoms with E-state index in [4.69, 9.17) is 10.5 Å². The number of aromatic nitrogens is 2. The summed E-state index contributed by atoms with van der Waals surface area (Å²) in [6.45, 7) is 2.98. The maximum absolute atomic E-state index is 6.11. The summed E-state index contributed by atoms with van der Waals surface area (Å²) < 4.78 is 5.30. The number of hydrogen-bond acceptors (Lipinski definition) is 6. The van der Waals surface area contributed by atoms with E-state index in [0.717, 1.165) is 30.8 Å². The Morgan fingerprint density at radius 3 is 2.71 bits per heavy atom. The first-order valence-electron chi connectivity index (χ1n) is 7.00. The summed E-state index contributed by atoms with van der Waals surface area (Å²) in [5.41, 5.74) is 7.42. The first kappa shape index (κ1) is 14.9. The minimum Gasteiger partial charge on any atom is -0.495 e. The van der Waals surface area contributed by atoms with Gasteiger partial charge in [0.05, 0.1) is 12.8 Å². The van der Waals surface area contributed by atoms with Crippen molar-refractivity contribution in [3.8, 4) is 5.75 Å². The van der Waals surface area contributed by atoms with Crippen LogP contribution in [0.1, 0.15) is 19.8 Å². The Hall–Kier alpha value is -2.50. The van der Waals surface area contributed by atoms with Crippen LogP contribution in [0.3, 0.4) is 0 Å². The van der Waals surface area contributed by atoms with Crippen LogP contribution in [0.25, 0.3) is 0 Å². The highest BCUT2D eigenvalue weighted by molar-refractivity contribution is 5.79. The smallest absolute Gasteiger partial charge is 0.159 e. The summed E-state index contributed by atoms with van der Waals surface area (Å²) in [7, 11) is 1.63. The monoisotopic (exact) mass is 287 g/mol. The van der Waals surface area contributed by atoms with Crippen LogP contribution in [0.15, 0.2) is 30.6 Å². The molecule has 0 spiro atoms. The number of anilines is 4. The molecule has 0 unspecified atom stereocenters. The number of benzene rings is 1. The van der Waals surface area contributed by atoms with Crippen LogP contribution in [0.4, 0.5) is 23.0 Å². The van der Waals surface area contributed by atoms with Crippen molar-refractivity contribution in [2.24, 2.45) is 0 Å². The van der Waals surface area contributed by atoms with Crippen LogP contribution in [0.5, 0.6) is 5.75 Å². The standard InChI is InChI=1S/C15H21N5O/c1-3-4-9-17-14-13(16)15(19-10-18-14)20-11-7-5-6-8-12(11)21-2/h5-8,10H,3-4,9,16H2,1-2H3,(H2,17,18,19,20). The van der Waals surface area contributed by atoms with Gasteiger partial charge in [0, 0.05) is 6.54 Å². The average molecular weight is 287 g/mol. The van der Waals surface area contributed by atoms with Gasteiger partial charge in [-0.05, 0) is 18.6 Å². The van der Waals surface area contributed by atoms with Crippen molar-refractivity contribution in [1.29, 1.82) is 0 Å². The van der Waals surface area contributed by atoms with E-state index in [2.05, 4.69) is 27.5 Å². The fourth-order valence-corrected chi connectivity index (χ4v) is 1.90. The molecule has 1 aromatic heterocycles. The molecular weight excluding hydrogens is 266 g/mol. The van der Waals surface area contributed by atoms with E-state index in [9.17, 15) is 0 Å². The molecule has 0 aliphatic heterocycles. The number of nitrogen functional groups attached to an aromatic ring is 1. The zero-order valence-corrected chi connectivity index (χ0v) is 12.4. The van der Waals surface area contributed by atoms with Crippen LogP contribution in [0, 0.1) is 0 Å². The number of nitrogens with one attached hydrogen (secondary N) is 2. The van der Waals surface area contributed by atoms with Crippen LogP contribution < -0.4 is 21.1 Å². The lowest BCUT2D eigenvalue weighted by molar-refractivity contribution is 0.417. The molecule has 0 aliphatic carbocycles. The van der Waals surface area contributed by atoms with Gasteiger partial charge in [-0.25, -0.2) is 9.97 Å². The molecule has 1 heterocycles. The molecule has 0 fully saturated rings. The number of unbranched alkanes of at least 4 members (excludes halogenated alkanes) is 1. The van der Waals surface area contributed by atoms with E-state index in [0.29, 0.717) is 17.3 Å². The number of methoxy groups -OCH3 is 1. The van der Waals surface area contributed by atoms with Crippen LogP contribution in [-0.2, 0) is 0 Å². The number of rotatable bonds is 7. The number of nitrogens with zero attached hydrogens (tertiary/aromatic N) is 2. The van der Waals surface area contributed by atoms with E-state index < -0.39 is 0 Å². The van der Waals surface area contributed by atoms with Crippen LogP contribution in [0.2, 0.25) is 0 Å². The minimum absolute atomic E-state index is 0.500. The maximum Gasteiger partial charge on any atom is 0.159 e. The van der Waals surface area contributed by atoms with E-state index in [1.165, 1.54) is 6.33 Å². The largest absolute Gasteiger partial charge is 0.495 e. The molecule has 0 aliphatic rings. The van der Waals surface area contributed by atoms with E-state index in [1.54, 1.807) is 7.11 Å². The molecule has 0 radical (unpaired) electrons. The van der Waals surface area contributed by atoms with Gasteiger partial charge in [0.15, 0.2) is 11.6 Å². The Balaban J connectivity index is 2.18. The quantitative estimate of drug-likeness (QED) is 0.679. The van der Waals surface area contributed by atoms with Gasteiger partial charge in [-0.1, -0.05) is 25.5 Å². The lowest BCUT2D eigenvalue weighted by Crippen LogP contribution is -2.09. The van der Waals surface area contributed by atoms with Gasteiger partial charge in [0.2, 0.25) is 0 Å². The van der Waals surface area contributed by atoms with E-state index in [1.807, 2.05) is 24.3 Å². The molecule has 21 heavy (non-hydrogen) atoms. The molecule has 0 saturated heterocycles. The lowest BCUT2D eigenvalue weighted by Gasteiger charge is -2.14. The fraction of sp³-hybridized carbons (Fsp3) is 0.333. The molecule has 0 amide bonds. The molecule has 112 valence electrons. The van der Waals surface area contributed by atoms with Gasteiger partial charge in [-0.2, -0.15) is 0 Å². The Morgan fingerprint density at radius 1 is 1.19 bits per heavy atom. The molecule has 6 nitrogen and oxygen atoms in total. The molecule has 2 aromatic rings. The number of ether oxygens (including phenoxy) is 1. The van der Waals surface area contributed by atoms with Crippen molar-refractivity contribution in [2.45, 2.75) is 19.8 Å². The summed E-state index contributed by atoms with van der Waals surface area (Å²) in [5, 5.41) is 6.40. The fourth-order valence-electron chi connectivity index (χ4n) is 1.90. The van der Waals surface area contributed by atoms with Gasteiger partial charge in [-0.3, -0.25) is 0 Å². The molecular formula is C15H21N5O. The van der Waals surface area contributed by atoms with Crippen molar-refractivity contribution in [3.63, 3.8) is 0 Å². The molecule has 4 N–H and O–H groups in total. The van der Waals surface area contributed by atoms with Crippen molar-refractivity contribution in [2.75, 3.05) is 30.0 Å². The Bertz CT molecular complexity index is 588. The summed E-state index contributed by atoms with van der Waals surface area (Å²) >= 11 is 0. The van der Waals surface area contributed by atoms with Gasteiger partial charge >= 0.3 is 0 Å². The molecule has 2 rings (SSSR count). The summed E-state index contributed by atoms with van der Waals surface area (Å²) in [6, 6.07) is 7.61. The highest BCUT2D eigenvalue weighted by Gasteiger charge is 2.10. The second-order valence-electron chi connectivity index (χ2n) is 4.59. The zero-order chi connectivity index (χ0) is 15.1.